The molecule has 61 heavy (non-hydrogen) atoms. The van der Waals surface area contributed by atoms with Crippen LogP contribution in [-0.4, -0.2) is 0 Å². The number of hydrogen-bond acceptors (Lipinski definition) is 0. The van der Waals surface area contributed by atoms with Gasteiger partial charge in [0.1, 0.15) is 0 Å². The first-order chi connectivity index (χ1) is 28.9. The molecule has 0 bridgehead atoms. The zero-order valence-corrected chi connectivity index (χ0v) is 38.7. The van der Waals surface area contributed by atoms with Crippen molar-refractivity contribution in [3.05, 3.63) is 209 Å². The maximum atomic E-state index is 5.77. The molecule has 0 amide bonds. The summed E-state index contributed by atoms with van der Waals surface area (Å²) in [4.78, 5) is 0. The van der Waals surface area contributed by atoms with Crippen LogP contribution >= 0.6 is 22.6 Å². The summed E-state index contributed by atoms with van der Waals surface area (Å²) < 4.78 is 1.17. The number of benzene rings is 6. The molecule has 0 atom stereocenters. The fraction of sp³-hybridized carbons (Fsp3) is 0.200. The zero-order chi connectivity index (χ0) is 43.8. The molecule has 0 saturated heterocycles. The van der Waals surface area contributed by atoms with E-state index in [0.717, 1.165) is 61.2 Å². The second-order valence-corrected chi connectivity index (χ2v) is 19.5. The van der Waals surface area contributed by atoms with Gasteiger partial charge in [-0.05, 0) is 165 Å². The van der Waals surface area contributed by atoms with Crippen LogP contribution in [0.2, 0.25) is 0 Å². The third-order valence-corrected chi connectivity index (χ3v) is 10.5. The van der Waals surface area contributed by atoms with Crippen molar-refractivity contribution in [3.8, 4) is 71.5 Å². The summed E-state index contributed by atoms with van der Waals surface area (Å²) in [5, 5.41) is 0. The van der Waals surface area contributed by atoms with Gasteiger partial charge in [-0.25, -0.2) is 0 Å². The highest BCUT2D eigenvalue weighted by Gasteiger charge is 2.17. The average Bonchev–Trinajstić information content (AvgIpc) is 3.22. The van der Waals surface area contributed by atoms with Crippen molar-refractivity contribution in [1.29, 1.82) is 0 Å². The summed E-state index contributed by atoms with van der Waals surface area (Å²) >= 11 is 2.32. The van der Waals surface area contributed by atoms with Gasteiger partial charge in [0.05, 0.1) is 0 Å². The molecule has 0 aliphatic heterocycles. The zero-order valence-electron chi connectivity index (χ0n) is 36.6. The first kappa shape index (κ1) is 44.0. The van der Waals surface area contributed by atoms with Crippen LogP contribution in [0.25, 0.3) is 0 Å². The Morgan fingerprint density at radius 3 is 0.820 bits per heavy atom. The quantitative estimate of drug-likeness (QED) is 0.105. The summed E-state index contributed by atoms with van der Waals surface area (Å²) in [6.45, 7) is 19.8. The number of hydrogen-bond donors (Lipinski definition) is 0. The molecule has 0 spiro atoms. The molecular weight excluding hydrogens is 848 g/mol. The molecule has 6 aromatic carbocycles. The highest BCUT2D eigenvalue weighted by atomic mass is 127. The molecule has 1 heteroatoms. The van der Waals surface area contributed by atoms with E-state index in [9.17, 15) is 0 Å². The third-order valence-electron chi connectivity index (χ3n) is 9.87. The minimum atomic E-state index is -0.0846. The summed E-state index contributed by atoms with van der Waals surface area (Å²) in [5.41, 5.74) is 13.4. The van der Waals surface area contributed by atoms with Gasteiger partial charge in [-0.1, -0.05) is 146 Å². The maximum Gasteiger partial charge on any atom is 0.0264 e. The minimum absolute atomic E-state index is 0.0281. The summed E-state index contributed by atoms with van der Waals surface area (Å²) in [5.74, 6) is 36.5. The molecule has 0 fully saturated rings. The summed E-state index contributed by atoms with van der Waals surface area (Å²) in [7, 11) is 0. The van der Waals surface area contributed by atoms with Gasteiger partial charge in [-0.15, -0.1) is 6.42 Å². The van der Waals surface area contributed by atoms with Gasteiger partial charge in [0.2, 0.25) is 0 Å². The van der Waals surface area contributed by atoms with Crippen LogP contribution in [-0.2, 0) is 16.2 Å². The molecule has 0 aromatic heterocycles. The summed E-state index contributed by atoms with van der Waals surface area (Å²) in [6, 6.07) is 43.4. The summed E-state index contributed by atoms with van der Waals surface area (Å²) in [6.07, 6.45) is 5.77. The van der Waals surface area contributed by atoms with Crippen LogP contribution in [0.4, 0.5) is 0 Å². The van der Waals surface area contributed by atoms with Gasteiger partial charge in [0.25, 0.3) is 0 Å². The van der Waals surface area contributed by atoms with Crippen LogP contribution in [0.15, 0.2) is 127 Å². The van der Waals surface area contributed by atoms with E-state index in [0.29, 0.717) is 0 Å². The van der Waals surface area contributed by atoms with Crippen molar-refractivity contribution < 1.29 is 0 Å². The average molecular weight is 897 g/mol. The lowest BCUT2D eigenvalue weighted by atomic mass is 9.85. The molecule has 6 aromatic rings. The van der Waals surface area contributed by atoms with Crippen molar-refractivity contribution in [1.82, 2.24) is 0 Å². The highest BCUT2D eigenvalue weighted by molar-refractivity contribution is 14.1. The van der Waals surface area contributed by atoms with E-state index < -0.39 is 0 Å². The lowest BCUT2D eigenvalue weighted by Crippen LogP contribution is -2.11. The Bertz CT molecular complexity index is 3010. The van der Waals surface area contributed by atoms with Gasteiger partial charge < -0.3 is 0 Å². The maximum absolute atomic E-state index is 5.77. The Kier molecular flexibility index (Phi) is 13.5. The van der Waals surface area contributed by atoms with E-state index in [1.165, 1.54) is 20.3 Å². The van der Waals surface area contributed by atoms with Gasteiger partial charge >= 0.3 is 0 Å². The molecule has 6 rings (SSSR count). The third kappa shape index (κ3) is 12.9. The molecule has 0 aliphatic carbocycles. The van der Waals surface area contributed by atoms with Gasteiger partial charge in [0.15, 0.2) is 0 Å². The van der Waals surface area contributed by atoms with E-state index in [2.05, 4.69) is 211 Å². The Hall–Kier alpha value is -6.59. The van der Waals surface area contributed by atoms with Crippen LogP contribution in [0.5, 0.6) is 0 Å². The monoisotopic (exact) mass is 896 g/mol. The van der Waals surface area contributed by atoms with Crippen LogP contribution < -0.4 is 0 Å². The lowest BCUT2D eigenvalue weighted by molar-refractivity contribution is 0.589. The smallest absolute Gasteiger partial charge is 0.0264 e. The number of terminal acetylenes is 1. The SMILES string of the molecule is C#Cc1cc(C#Cc2cccc(C#Cc3cc(C#Cc4cccc(C#Cc5cc(C#Cc6cccc(I)c6)cc(C(C)(C)C)c5)c4)cc(C(C)(C)C)c3)c2)cc(C(C)(C)C)c1. The number of halogens is 1. The van der Waals surface area contributed by atoms with E-state index in [-0.39, 0.29) is 16.2 Å². The molecular formula is C60H49I. The van der Waals surface area contributed by atoms with Crippen molar-refractivity contribution in [2.45, 2.75) is 78.6 Å². The Labute approximate surface area is 379 Å². The number of rotatable bonds is 0. The minimum Gasteiger partial charge on any atom is -0.115 e. The first-order valence-electron chi connectivity index (χ1n) is 20.4. The molecule has 0 unspecified atom stereocenters. The van der Waals surface area contributed by atoms with E-state index >= 15 is 0 Å². The van der Waals surface area contributed by atoms with Crippen LogP contribution in [0, 0.1) is 75.1 Å². The van der Waals surface area contributed by atoms with Gasteiger partial charge in [0, 0.05) is 64.8 Å². The Morgan fingerprint density at radius 2 is 0.541 bits per heavy atom. The molecule has 0 aliphatic rings. The predicted octanol–water partition coefficient (Wildman–Crippen LogP) is 13.2. The van der Waals surface area contributed by atoms with Crippen molar-refractivity contribution in [2.24, 2.45) is 0 Å². The van der Waals surface area contributed by atoms with E-state index in [1.807, 2.05) is 66.7 Å². The topological polar surface area (TPSA) is 0 Å². The molecule has 0 heterocycles. The molecule has 0 N–H and O–H groups in total. The van der Waals surface area contributed by atoms with Gasteiger partial charge in [-0.3, -0.25) is 0 Å². The first-order valence-corrected chi connectivity index (χ1v) is 21.5. The molecule has 0 nitrogen and oxygen atoms in total. The Balaban J connectivity index is 1.25. The highest BCUT2D eigenvalue weighted by Crippen LogP contribution is 2.27. The predicted molar refractivity (Wildman–Crippen MR) is 265 cm³/mol. The van der Waals surface area contributed by atoms with Crippen LogP contribution in [0.3, 0.4) is 0 Å². The van der Waals surface area contributed by atoms with Crippen molar-refractivity contribution in [3.63, 3.8) is 0 Å². The van der Waals surface area contributed by atoms with E-state index in [4.69, 9.17) is 6.42 Å². The Morgan fingerprint density at radius 1 is 0.311 bits per heavy atom. The van der Waals surface area contributed by atoms with E-state index in [1.54, 1.807) is 0 Å². The van der Waals surface area contributed by atoms with Gasteiger partial charge in [-0.2, -0.15) is 0 Å². The fourth-order valence-electron chi connectivity index (χ4n) is 6.26. The van der Waals surface area contributed by atoms with Crippen molar-refractivity contribution in [2.75, 3.05) is 0 Å². The van der Waals surface area contributed by atoms with Crippen LogP contribution in [0.1, 0.15) is 140 Å². The normalized spacial score (nSPS) is 10.8. The standard InChI is InChI=1S/C60H49I/c1-11-43-31-49(37-54(36-43)58(2,3)4)26-21-44-15-12-16-45(32-44)22-27-50-34-51(39-55(38-50)59(5,6)7)28-23-46-17-13-18-47(33-46)24-29-52-35-53(41-56(40-52)60(8,9)10)30-25-48-19-14-20-57(61)42-48/h1,12-20,31-42H,2-10H3. The fourth-order valence-corrected chi connectivity index (χ4v) is 6.81. The molecule has 0 radical (unpaired) electrons. The second kappa shape index (κ2) is 18.8. The lowest BCUT2D eigenvalue weighted by Gasteiger charge is -2.19. The van der Waals surface area contributed by atoms with Crippen molar-refractivity contribution >= 4 is 22.6 Å². The molecule has 296 valence electrons. The molecule has 0 saturated carbocycles. The largest absolute Gasteiger partial charge is 0.115 e. The second-order valence-electron chi connectivity index (χ2n) is 18.2.